The maximum absolute atomic E-state index is 4.55. The van der Waals surface area contributed by atoms with Crippen LogP contribution in [0, 0.1) is 6.92 Å². The number of anilines is 3. The number of rotatable bonds is 7. The number of hydrogen-bond acceptors (Lipinski definition) is 5. The van der Waals surface area contributed by atoms with Crippen molar-refractivity contribution in [3.05, 3.63) is 47.2 Å². The second kappa shape index (κ2) is 8.60. The Hall–Kier alpha value is -2.43. The van der Waals surface area contributed by atoms with Crippen LogP contribution in [0.1, 0.15) is 50.2 Å². The maximum atomic E-state index is 4.55. The van der Waals surface area contributed by atoms with Gasteiger partial charge in [-0.3, -0.25) is 0 Å². The highest BCUT2D eigenvalue weighted by Crippen LogP contribution is 2.24. The quantitative estimate of drug-likeness (QED) is 0.711. The van der Waals surface area contributed by atoms with Crippen molar-refractivity contribution in [1.82, 2.24) is 15.2 Å². The minimum Gasteiger partial charge on any atom is -0.353 e. The van der Waals surface area contributed by atoms with Gasteiger partial charge in [0.25, 0.3) is 0 Å². The summed E-state index contributed by atoms with van der Waals surface area (Å²) < 4.78 is 0. The molecule has 132 valence electrons. The highest BCUT2D eigenvalue weighted by Gasteiger charge is 2.08. The van der Waals surface area contributed by atoms with Gasteiger partial charge in [0.05, 0.1) is 6.20 Å². The average Bonchev–Trinajstić information content (AvgIpc) is 2.65. The number of hydrogen-bond donors (Lipinski definition) is 2. The van der Waals surface area contributed by atoms with Gasteiger partial charge in [-0.15, -0.1) is 5.10 Å². The molecule has 25 heavy (non-hydrogen) atoms. The average molecular weight is 337 g/mol. The molecule has 0 fully saturated rings. The van der Waals surface area contributed by atoms with Crippen LogP contribution in [0.5, 0.6) is 0 Å². The molecule has 0 radical (unpaired) electrons. The fourth-order valence-corrected chi connectivity index (χ4v) is 3.24. The van der Waals surface area contributed by atoms with Crippen molar-refractivity contribution in [3.8, 4) is 0 Å². The van der Waals surface area contributed by atoms with Gasteiger partial charge in [-0.1, -0.05) is 36.8 Å². The fraction of sp³-hybridized carbons (Fsp3) is 0.450. The molecule has 1 aliphatic rings. The molecule has 0 amide bonds. The molecule has 2 aromatic rings. The van der Waals surface area contributed by atoms with E-state index in [1.165, 1.54) is 36.8 Å². The SMILES string of the molecule is CCc1cccc(C)c1Nc1cnnc(NCCC2=CCCCC2)n1. The van der Waals surface area contributed by atoms with E-state index in [4.69, 9.17) is 0 Å². The van der Waals surface area contributed by atoms with Crippen LogP contribution in [0.3, 0.4) is 0 Å². The first-order valence-corrected chi connectivity index (χ1v) is 9.23. The van der Waals surface area contributed by atoms with E-state index in [2.05, 4.69) is 63.9 Å². The molecular formula is C20H27N5. The lowest BCUT2D eigenvalue weighted by Crippen LogP contribution is -2.09. The zero-order valence-electron chi connectivity index (χ0n) is 15.2. The van der Waals surface area contributed by atoms with E-state index in [9.17, 15) is 0 Å². The van der Waals surface area contributed by atoms with Crippen LogP contribution in [0.4, 0.5) is 17.5 Å². The molecule has 5 heteroatoms. The third kappa shape index (κ3) is 4.78. The zero-order chi connectivity index (χ0) is 17.5. The Morgan fingerprint density at radius 3 is 2.92 bits per heavy atom. The minimum atomic E-state index is 0.577. The first-order chi connectivity index (χ1) is 12.3. The number of aryl methyl sites for hydroxylation is 2. The lowest BCUT2D eigenvalue weighted by molar-refractivity contribution is 0.679. The first-order valence-electron chi connectivity index (χ1n) is 9.23. The summed E-state index contributed by atoms with van der Waals surface area (Å²) in [5.74, 6) is 1.30. The molecule has 2 N–H and O–H groups in total. The third-order valence-corrected chi connectivity index (χ3v) is 4.67. The molecule has 0 unspecified atom stereocenters. The Balaban J connectivity index is 1.62. The molecule has 1 aromatic heterocycles. The largest absolute Gasteiger partial charge is 0.353 e. The number of benzene rings is 1. The number of allylic oxidation sites excluding steroid dienone is 1. The van der Waals surface area contributed by atoms with Crippen LogP contribution in [-0.2, 0) is 6.42 Å². The Morgan fingerprint density at radius 1 is 1.20 bits per heavy atom. The second-order valence-corrected chi connectivity index (χ2v) is 6.54. The minimum absolute atomic E-state index is 0.577. The van der Waals surface area contributed by atoms with E-state index in [1.54, 1.807) is 11.8 Å². The van der Waals surface area contributed by atoms with Crippen molar-refractivity contribution in [2.24, 2.45) is 0 Å². The van der Waals surface area contributed by atoms with Gasteiger partial charge in [-0.2, -0.15) is 10.1 Å². The normalized spacial score (nSPS) is 14.1. The predicted octanol–water partition coefficient (Wildman–Crippen LogP) is 4.79. The molecule has 0 saturated carbocycles. The van der Waals surface area contributed by atoms with Gasteiger partial charge < -0.3 is 10.6 Å². The maximum Gasteiger partial charge on any atom is 0.244 e. The monoisotopic (exact) mass is 337 g/mol. The Bertz CT molecular complexity index is 739. The van der Waals surface area contributed by atoms with Crippen LogP contribution in [0.25, 0.3) is 0 Å². The van der Waals surface area contributed by atoms with Gasteiger partial charge in [0.2, 0.25) is 5.95 Å². The lowest BCUT2D eigenvalue weighted by atomic mass is 9.97. The zero-order valence-corrected chi connectivity index (χ0v) is 15.2. The first kappa shape index (κ1) is 17.4. The van der Waals surface area contributed by atoms with Crippen LogP contribution in [0.2, 0.25) is 0 Å². The van der Waals surface area contributed by atoms with Gasteiger partial charge in [0.1, 0.15) is 0 Å². The van der Waals surface area contributed by atoms with Crippen LogP contribution >= 0.6 is 0 Å². The van der Waals surface area contributed by atoms with Gasteiger partial charge in [0, 0.05) is 12.2 Å². The molecule has 0 saturated heterocycles. The van der Waals surface area contributed by atoms with E-state index in [-0.39, 0.29) is 0 Å². The number of para-hydroxylation sites is 1. The van der Waals surface area contributed by atoms with E-state index >= 15 is 0 Å². The van der Waals surface area contributed by atoms with E-state index in [0.717, 1.165) is 30.9 Å². The van der Waals surface area contributed by atoms with E-state index in [1.807, 2.05) is 0 Å². The summed E-state index contributed by atoms with van der Waals surface area (Å²) in [5, 5.41) is 14.9. The topological polar surface area (TPSA) is 62.7 Å². The number of nitrogens with zero attached hydrogens (tertiary/aromatic N) is 3. The summed E-state index contributed by atoms with van der Waals surface area (Å²) in [5.41, 5.74) is 5.14. The van der Waals surface area contributed by atoms with Crippen molar-refractivity contribution < 1.29 is 0 Å². The van der Waals surface area contributed by atoms with E-state index < -0.39 is 0 Å². The van der Waals surface area contributed by atoms with Gasteiger partial charge in [0.15, 0.2) is 5.82 Å². The molecule has 3 rings (SSSR count). The highest BCUT2D eigenvalue weighted by molar-refractivity contribution is 5.64. The molecule has 1 aliphatic carbocycles. The number of aromatic nitrogens is 3. The third-order valence-electron chi connectivity index (χ3n) is 4.67. The lowest BCUT2D eigenvalue weighted by Gasteiger charge is -2.14. The molecule has 0 aliphatic heterocycles. The predicted molar refractivity (Wildman–Crippen MR) is 103 cm³/mol. The summed E-state index contributed by atoms with van der Waals surface area (Å²) in [6, 6.07) is 6.33. The summed E-state index contributed by atoms with van der Waals surface area (Å²) in [6.45, 7) is 5.11. The molecule has 1 heterocycles. The Morgan fingerprint density at radius 2 is 2.12 bits per heavy atom. The Labute approximate surface area is 150 Å². The van der Waals surface area contributed by atoms with E-state index in [0.29, 0.717) is 5.95 Å². The molecule has 0 atom stereocenters. The van der Waals surface area contributed by atoms with Crippen molar-refractivity contribution >= 4 is 17.5 Å². The Kier molecular flexibility index (Phi) is 5.99. The number of nitrogens with one attached hydrogen (secondary N) is 2. The van der Waals surface area contributed by atoms with Gasteiger partial charge >= 0.3 is 0 Å². The summed E-state index contributed by atoms with van der Waals surface area (Å²) in [4.78, 5) is 4.55. The molecule has 1 aromatic carbocycles. The molecular weight excluding hydrogens is 310 g/mol. The van der Waals surface area contributed by atoms with Crippen molar-refractivity contribution in [3.63, 3.8) is 0 Å². The molecule has 0 spiro atoms. The summed E-state index contributed by atoms with van der Waals surface area (Å²) in [7, 11) is 0. The van der Waals surface area contributed by atoms with Crippen molar-refractivity contribution in [1.29, 1.82) is 0 Å². The van der Waals surface area contributed by atoms with Crippen molar-refractivity contribution in [2.45, 2.75) is 52.4 Å². The van der Waals surface area contributed by atoms with Crippen LogP contribution in [-0.4, -0.2) is 21.7 Å². The summed E-state index contributed by atoms with van der Waals surface area (Å²) >= 11 is 0. The standard InChI is InChI=1S/C20H27N5/c1-3-17-11-7-8-15(2)19(17)23-18-14-22-25-20(24-18)21-13-12-16-9-5-4-6-10-16/h7-9,11,14H,3-6,10,12-13H2,1-2H3,(H2,21,23,24,25). The smallest absolute Gasteiger partial charge is 0.244 e. The van der Waals surface area contributed by atoms with Crippen LogP contribution in [0.15, 0.2) is 36.0 Å². The van der Waals surface area contributed by atoms with Crippen LogP contribution < -0.4 is 10.6 Å². The van der Waals surface area contributed by atoms with Gasteiger partial charge in [-0.25, -0.2) is 0 Å². The van der Waals surface area contributed by atoms with Crippen molar-refractivity contribution in [2.75, 3.05) is 17.2 Å². The highest BCUT2D eigenvalue weighted by atomic mass is 15.3. The second-order valence-electron chi connectivity index (χ2n) is 6.54. The van der Waals surface area contributed by atoms with Gasteiger partial charge in [-0.05, 0) is 56.6 Å². The molecule has 5 nitrogen and oxygen atoms in total. The molecule has 0 bridgehead atoms. The summed E-state index contributed by atoms with van der Waals surface area (Å²) in [6.07, 6.45) is 11.2. The fourth-order valence-electron chi connectivity index (χ4n) is 3.24.